The van der Waals surface area contributed by atoms with Crippen molar-refractivity contribution in [3.05, 3.63) is 71.8 Å². The monoisotopic (exact) mass is 354 g/mol. The fourth-order valence-electron chi connectivity index (χ4n) is 3.32. The lowest BCUT2D eigenvalue weighted by molar-refractivity contribution is 0.642. The second-order valence-electron chi connectivity index (χ2n) is 6.93. The first-order chi connectivity index (χ1) is 12.3. The van der Waals surface area contributed by atoms with Gasteiger partial charge in [0, 0.05) is 10.5 Å². The fourth-order valence-corrected chi connectivity index (χ4v) is 4.95. The van der Waals surface area contributed by atoms with Gasteiger partial charge in [-0.1, -0.05) is 113 Å². The molecular formula is C24H34S. The Bertz CT molecular complexity index is 497. The first-order valence-electron chi connectivity index (χ1n) is 10.1. The number of unbranched alkanes of at least 4 members (excludes halogenated alkanes) is 4. The Labute approximate surface area is 159 Å². The summed E-state index contributed by atoms with van der Waals surface area (Å²) >= 11 is 2.20. The van der Waals surface area contributed by atoms with Gasteiger partial charge in [-0.15, -0.1) is 11.8 Å². The summed E-state index contributed by atoms with van der Waals surface area (Å²) in [4.78, 5) is 0. The molecule has 0 saturated carbocycles. The Hall–Kier alpha value is -1.21. The van der Waals surface area contributed by atoms with E-state index in [1.54, 1.807) is 0 Å². The summed E-state index contributed by atoms with van der Waals surface area (Å²) in [6, 6.07) is 22.3. The van der Waals surface area contributed by atoms with Crippen LogP contribution >= 0.6 is 11.8 Å². The molecule has 0 spiro atoms. The molecule has 0 fully saturated rings. The SMILES string of the molecule is CCCCCC(SC(CCCCC)c1ccccc1)c1ccccc1. The van der Waals surface area contributed by atoms with Crippen LogP contribution in [0.3, 0.4) is 0 Å². The zero-order chi connectivity index (χ0) is 17.7. The van der Waals surface area contributed by atoms with Crippen molar-refractivity contribution in [3.8, 4) is 0 Å². The molecule has 0 nitrogen and oxygen atoms in total. The molecule has 0 saturated heterocycles. The van der Waals surface area contributed by atoms with Crippen molar-refractivity contribution < 1.29 is 0 Å². The highest BCUT2D eigenvalue weighted by Gasteiger charge is 2.19. The molecule has 0 amide bonds. The topological polar surface area (TPSA) is 0 Å². The van der Waals surface area contributed by atoms with Crippen LogP contribution in [0.4, 0.5) is 0 Å². The highest BCUT2D eigenvalue weighted by Crippen LogP contribution is 2.45. The lowest BCUT2D eigenvalue weighted by Gasteiger charge is -2.24. The van der Waals surface area contributed by atoms with Crippen LogP contribution in [0.1, 0.15) is 86.8 Å². The minimum absolute atomic E-state index is 0.611. The smallest absolute Gasteiger partial charge is 0.0303 e. The summed E-state index contributed by atoms with van der Waals surface area (Å²) in [6.07, 6.45) is 10.5. The van der Waals surface area contributed by atoms with Gasteiger partial charge in [0.25, 0.3) is 0 Å². The number of benzene rings is 2. The Morgan fingerprint density at radius 3 is 1.36 bits per heavy atom. The largest absolute Gasteiger partial charge is 0.146 e. The van der Waals surface area contributed by atoms with Crippen LogP contribution in [0.2, 0.25) is 0 Å². The second-order valence-corrected chi connectivity index (χ2v) is 8.34. The third-order valence-electron chi connectivity index (χ3n) is 4.81. The molecule has 2 rings (SSSR count). The third-order valence-corrected chi connectivity index (χ3v) is 6.48. The number of hydrogen-bond donors (Lipinski definition) is 0. The molecule has 0 aliphatic carbocycles. The normalized spacial score (nSPS) is 13.5. The van der Waals surface area contributed by atoms with Crippen molar-refractivity contribution in [2.75, 3.05) is 0 Å². The zero-order valence-electron chi connectivity index (χ0n) is 16.0. The zero-order valence-corrected chi connectivity index (χ0v) is 16.8. The minimum atomic E-state index is 0.611. The molecule has 0 heterocycles. The van der Waals surface area contributed by atoms with Crippen molar-refractivity contribution in [1.29, 1.82) is 0 Å². The summed E-state index contributed by atoms with van der Waals surface area (Å²) in [5, 5.41) is 1.22. The van der Waals surface area contributed by atoms with Gasteiger partial charge in [-0.3, -0.25) is 0 Å². The molecule has 25 heavy (non-hydrogen) atoms. The molecule has 0 bridgehead atoms. The van der Waals surface area contributed by atoms with Crippen molar-refractivity contribution >= 4 is 11.8 Å². The van der Waals surface area contributed by atoms with Crippen LogP contribution in [0, 0.1) is 0 Å². The van der Waals surface area contributed by atoms with Gasteiger partial charge < -0.3 is 0 Å². The van der Waals surface area contributed by atoms with E-state index >= 15 is 0 Å². The van der Waals surface area contributed by atoms with Gasteiger partial charge in [-0.2, -0.15) is 0 Å². The van der Waals surface area contributed by atoms with Crippen molar-refractivity contribution in [1.82, 2.24) is 0 Å². The van der Waals surface area contributed by atoms with Gasteiger partial charge in [0.15, 0.2) is 0 Å². The van der Waals surface area contributed by atoms with Gasteiger partial charge in [0.1, 0.15) is 0 Å². The third kappa shape index (κ3) is 7.28. The molecule has 2 unspecified atom stereocenters. The molecule has 0 aliphatic heterocycles. The number of hydrogen-bond acceptors (Lipinski definition) is 1. The standard InChI is InChI=1S/C24H34S/c1-3-5-9-19-23(21-15-11-7-12-16-21)25-24(20-10-6-4-2)22-17-13-8-14-18-22/h7-8,11-18,23-24H,3-6,9-10,19-20H2,1-2H3. The fraction of sp³-hybridized carbons (Fsp3) is 0.500. The van der Waals surface area contributed by atoms with E-state index in [1.807, 2.05) is 0 Å². The number of rotatable bonds is 12. The Morgan fingerprint density at radius 2 is 1.00 bits per heavy atom. The van der Waals surface area contributed by atoms with Gasteiger partial charge >= 0.3 is 0 Å². The van der Waals surface area contributed by atoms with Crippen LogP contribution in [0.25, 0.3) is 0 Å². The summed E-state index contributed by atoms with van der Waals surface area (Å²) in [5.74, 6) is 0. The van der Waals surface area contributed by atoms with E-state index in [-0.39, 0.29) is 0 Å². The van der Waals surface area contributed by atoms with Gasteiger partial charge in [0.2, 0.25) is 0 Å². The van der Waals surface area contributed by atoms with Crippen LogP contribution in [0.15, 0.2) is 60.7 Å². The first kappa shape index (κ1) is 20.1. The maximum atomic E-state index is 2.32. The molecule has 2 atom stereocenters. The summed E-state index contributed by atoms with van der Waals surface area (Å²) < 4.78 is 0. The quantitative estimate of drug-likeness (QED) is 0.345. The molecule has 0 aromatic heterocycles. The predicted octanol–water partition coefficient (Wildman–Crippen LogP) is 8.36. The van der Waals surface area contributed by atoms with Crippen LogP contribution in [-0.4, -0.2) is 0 Å². The predicted molar refractivity (Wildman–Crippen MR) is 114 cm³/mol. The van der Waals surface area contributed by atoms with Crippen molar-refractivity contribution in [3.63, 3.8) is 0 Å². The molecule has 0 radical (unpaired) electrons. The Balaban J connectivity index is 2.12. The maximum Gasteiger partial charge on any atom is 0.0303 e. The van der Waals surface area contributed by atoms with Gasteiger partial charge in [-0.25, -0.2) is 0 Å². The molecular weight excluding hydrogens is 320 g/mol. The van der Waals surface area contributed by atoms with E-state index in [0.29, 0.717) is 10.5 Å². The van der Waals surface area contributed by atoms with Gasteiger partial charge in [-0.05, 0) is 24.0 Å². The summed E-state index contributed by atoms with van der Waals surface area (Å²) in [5.41, 5.74) is 3.00. The van der Waals surface area contributed by atoms with Crippen LogP contribution in [-0.2, 0) is 0 Å². The van der Waals surface area contributed by atoms with E-state index in [1.165, 1.54) is 62.5 Å². The molecule has 0 aliphatic rings. The van der Waals surface area contributed by atoms with E-state index in [0.717, 1.165) is 0 Å². The highest BCUT2D eigenvalue weighted by atomic mass is 32.2. The highest BCUT2D eigenvalue weighted by molar-refractivity contribution is 7.99. The van der Waals surface area contributed by atoms with Crippen LogP contribution < -0.4 is 0 Å². The molecule has 136 valence electrons. The average molecular weight is 355 g/mol. The van der Waals surface area contributed by atoms with Crippen LogP contribution in [0.5, 0.6) is 0 Å². The first-order valence-corrected chi connectivity index (χ1v) is 11.0. The molecule has 1 heteroatoms. The number of thioether (sulfide) groups is 1. The van der Waals surface area contributed by atoms with E-state index in [9.17, 15) is 0 Å². The molecule has 2 aromatic rings. The maximum absolute atomic E-state index is 2.32. The summed E-state index contributed by atoms with van der Waals surface area (Å²) in [6.45, 7) is 4.59. The lowest BCUT2D eigenvalue weighted by Crippen LogP contribution is -2.01. The van der Waals surface area contributed by atoms with E-state index in [2.05, 4.69) is 86.3 Å². The van der Waals surface area contributed by atoms with Crippen molar-refractivity contribution in [2.45, 2.75) is 75.7 Å². The van der Waals surface area contributed by atoms with Gasteiger partial charge in [0.05, 0.1) is 0 Å². The summed E-state index contributed by atoms with van der Waals surface area (Å²) in [7, 11) is 0. The molecule has 2 aromatic carbocycles. The molecule has 0 N–H and O–H groups in total. The van der Waals surface area contributed by atoms with E-state index in [4.69, 9.17) is 0 Å². The Morgan fingerprint density at radius 1 is 0.600 bits per heavy atom. The van der Waals surface area contributed by atoms with Crippen molar-refractivity contribution in [2.24, 2.45) is 0 Å². The second kappa shape index (κ2) is 12.2. The van der Waals surface area contributed by atoms with E-state index < -0.39 is 0 Å². The lowest BCUT2D eigenvalue weighted by atomic mass is 10.1. The Kier molecular flexibility index (Phi) is 9.81. The average Bonchev–Trinajstić information content (AvgIpc) is 2.67. The minimum Gasteiger partial charge on any atom is -0.146 e.